The fourth-order valence-corrected chi connectivity index (χ4v) is 2.62. The van der Waals surface area contributed by atoms with Crippen molar-refractivity contribution in [2.24, 2.45) is 4.99 Å². The maximum Gasteiger partial charge on any atom is 0.193 e. The maximum atomic E-state index is 9.31. The van der Waals surface area contributed by atoms with Crippen LogP contribution < -0.4 is 14.8 Å². The highest BCUT2D eigenvalue weighted by Gasteiger charge is 2.05. The van der Waals surface area contributed by atoms with E-state index in [0.29, 0.717) is 12.4 Å². The molecule has 0 saturated heterocycles. The molecule has 0 spiro atoms. The van der Waals surface area contributed by atoms with E-state index < -0.39 is 0 Å². The van der Waals surface area contributed by atoms with Gasteiger partial charge in [-0.25, -0.2) is 0 Å². The van der Waals surface area contributed by atoms with E-state index in [4.69, 9.17) is 9.47 Å². The topological polar surface area (TPSA) is 66.3 Å². The Hall–Kier alpha value is -2.89. The van der Waals surface area contributed by atoms with Crippen molar-refractivity contribution >= 4 is 5.96 Å². The number of guanidine groups is 1. The lowest BCUT2D eigenvalue weighted by molar-refractivity contribution is 0.281. The van der Waals surface area contributed by atoms with Crippen LogP contribution in [0.1, 0.15) is 12.0 Å². The SMILES string of the molecule is CN=C(NCCCc1ccc(O)cc1)N(C)CCOc1ccc(OC)cc1. The van der Waals surface area contributed by atoms with Gasteiger partial charge in [-0.3, -0.25) is 4.99 Å². The summed E-state index contributed by atoms with van der Waals surface area (Å²) < 4.78 is 10.9. The quantitative estimate of drug-likeness (QED) is 0.403. The predicted octanol–water partition coefficient (Wildman–Crippen LogP) is 2.92. The van der Waals surface area contributed by atoms with Crippen molar-refractivity contribution in [2.75, 3.05) is 40.9 Å². The average Bonchev–Trinajstić information content (AvgIpc) is 2.70. The number of phenols is 1. The van der Waals surface area contributed by atoms with E-state index in [0.717, 1.165) is 43.4 Å². The normalized spacial score (nSPS) is 11.1. The number of likely N-dealkylation sites (N-methyl/N-ethyl adjacent to an activating group) is 1. The molecule has 0 aliphatic rings. The number of benzene rings is 2. The van der Waals surface area contributed by atoms with Crippen LogP contribution in [0, 0.1) is 0 Å². The molecule has 2 N–H and O–H groups in total. The zero-order chi connectivity index (χ0) is 19.5. The Bertz CT molecular complexity index is 700. The van der Waals surface area contributed by atoms with Crippen LogP contribution >= 0.6 is 0 Å². The standard InChI is InChI=1S/C21H29N3O3/c1-22-21(23-14-4-5-17-6-8-18(25)9-7-17)24(2)15-16-27-20-12-10-19(26-3)11-13-20/h6-13,25H,4-5,14-16H2,1-3H3,(H,22,23). The minimum atomic E-state index is 0.302. The van der Waals surface area contributed by atoms with Crippen LogP contribution in [-0.4, -0.2) is 56.9 Å². The number of ether oxygens (including phenoxy) is 2. The van der Waals surface area contributed by atoms with Crippen molar-refractivity contribution in [1.82, 2.24) is 10.2 Å². The number of nitrogens with zero attached hydrogens (tertiary/aromatic N) is 2. The summed E-state index contributed by atoms with van der Waals surface area (Å²) in [5, 5.41) is 12.7. The predicted molar refractivity (Wildman–Crippen MR) is 109 cm³/mol. The Balaban J connectivity index is 1.66. The molecule has 2 rings (SSSR count). The van der Waals surface area contributed by atoms with E-state index in [9.17, 15) is 5.11 Å². The molecule has 0 aliphatic heterocycles. The number of nitrogens with one attached hydrogen (secondary N) is 1. The minimum Gasteiger partial charge on any atom is -0.508 e. The molecule has 0 amide bonds. The van der Waals surface area contributed by atoms with Gasteiger partial charge in [0.15, 0.2) is 5.96 Å². The Morgan fingerprint density at radius 2 is 1.74 bits per heavy atom. The molecule has 2 aromatic carbocycles. The summed E-state index contributed by atoms with van der Waals surface area (Å²) in [5.41, 5.74) is 1.21. The Morgan fingerprint density at radius 3 is 2.37 bits per heavy atom. The number of rotatable bonds is 9. The summed E-state index contributed by atoms with van der Waals surface area (Å²) in [4.78, 5) is 6.36. The van der Waals surface area contributed by atoms with Gasteiger partial charge in [0.1, 0.15) is 23.9 Å². The van der Waals surface area contributed by atoms with Crippen molar-refractivity contribution in [1.29, 1.82) is 0 Å². The van der Waals surface area contributed by atoms with E-state index in [-0.39, 0.29) is 0 Å². The monoisotopic (exact) mass is 371 g/mol. The van der Waals surface area contributed by atoms with Crippen LogP contribution in [0.4, 0.5) is 0 Å². The van der Waals surface area contributed by atoms with Gasteiger partial charge in [0.05, 0.1) is 13.7 Å². The number of aryl methyl sites for hydroxylation is 1. The molecule has 6 nitrogen and oxygen atoms in total. The zero-order valence-corrected chi connectivity index (χ0v) is 16.3. The van der Waals surface area contributed by atoms with E-state index >= 15 is 0 Å². The molecule has 0 aromatic heterocycles. The Morgan fingerprint density at radius 1 is 1.07 bits per heavy atom. The van der Waals surface area contributed by atoms with Crippen LogP contribution in [-0.2, 0) is 6.42 Å². The Kier molecular flexibility index (Phi) is 8.29. The van der Waals surface area contributed by atoms with Gasteiger partial charge >= 0.3 is 0 Å². The number of aliphatic imine (C=N–C) groups is 1. The number of hydrogen-bond donors (Lipinski definition) is 2. The molecule has 0 radical (unpaired) electrons. The van der Waals surface area contributed by atoms with E-state index in [1.807, 2.05) is 48.3 Å². The minimum absolute atomic E-state index is 0.302. The molecule has 6 heteroatoms. The van der Waals surface area contributed by atoms with Crippen LogP contribution in [0.15, 0.2) is 53.5 Å². The van der Waals surface area contributed by atoms with Crippen molar-refractivity contribution in [3.05, 3.63) is 54.1 Å². The molecule has 0 unspecified atom stereocenters. The summed E-state index contributed by atoms with van der Waals surface area (Å²) in [6.07, 6.45) is 1.94. The van der Waals surface area contributed by atoms with E-state index in [2.05, 4.69) is 10.3 Å². The number of aromatic hydroxyl groups is 1. The number of phenolic OH excluding ortho intramolecular Hbond substituents is 1. The van der Waals surface area contributed by atoms with Crippen LogP contribution in [0.25, 0.3) is 0 Å². The molecule has 0 heterocycles. The second kappa shape index (κ2) is 11.0. The second-order valence-corrected chi connectivity index (χ2v) is 6.19. The first-order chi connectivity index (χ1) is 13.1. The first kappa shape index (κ1) is 20.4. The van der Waals surface area contributed by atoms with Crippen LogP contribution in [0.5, 0.6) is 17.2 Å². The highest BCUT2D eigenvalue weighted by atomic mass is 16.5. The molecule has 2 aromatic rings. The molecule has 146 valence electrons. The van der Waals surface area contributed by atoms with Gasteiger partial charge in [0.2, 0.25) is 0 Å². The van der Waals surface area contributed by atoms with Crippen molar-refractivity contribution < 1.29 is 14.6 Å². The molecule has 0 aliphatic carbocycles. The molecule has 27 heavy (non-hydrogen) atoms. The molecule has 0 fully saturated rings. The lowest BCUT2D eigenvalue weighted by Crippen LogP contribution is -2.41. The average molecular weight is 371 g/mol. The van der Waals surface area contributed by atoms with E-state index in [1.165, 1.54) is 5.56 Å². The van der Waals surface area contributed by atoms with Gasteiger partial charge < -0.3 is 24.8 Å². The van der Waals surface area contributed by atoms with Gasteiger partial charge in [-0.15, -0.1) is 0 Å². The van der Waals surface area contributed by atoms with Gasteiger partial charge in [0, 0.05) is 20.6 Å². The highest BCUT2D eigenvalue weighted by molar-refractivity contribution is 5.79. The molecule has 0 saturated carbocycles. The fraction of sp³-hybridized carbons (Fsp3) is 0.381. The van der Waals surface area contributed by atoms with Crippen LogP contribution in [0.3, 0.4) is 0 Å². The van der Waals surface area contributed by atoms with Gasteiger partial charge in [-0.1, -0.05) is 12.1 Å². The zero-order valence-electron chi connectivity index (χ0n) is 16.3. The van der Waals surface area contributed by atoms with Gasteiger partial charge in [-0.2, -0.15) is 0 Å². The van der Waals surface area contributed by atoms with Gasteiger partial charge in [0.25, 0.3) is 0 Å². The summed E-state index contributed by atoms with van der Waals surface area (Å²) in [5.74, 6) is 2.78. The lowest BCUT2D eigenvalue weighted by atomic mass is 10.1. The molecular weight excluding hydrogens is 342 g/mol. The van der Waals surface area contributed by atoms with Crippen molar-refractivity contribution in [2.45, 2.75) is 12.8 Å². The third kappa shape index (κ3) is 7.09. The molecular formula is C21H29N3O3. The maximum absolute atomic E-state index is 9.31. The summed E-state index contributed by atoms with van der Waals surface area (Å²) in [7, 11) is 5.42. The van der Waals surface area contributed by atoms with Crippen molar-refractivity contribution in [3.8, 4) is 17.2 Å². The number of hydrogen-bond acceptors (Lipinski definition) is 4. The third-order valence-electron chi connectivity index (χ3n) is 4.19. The van der Waals surface area contributed by atoms with Crippen molar-refractivity contribution in [3.63, 3.8) is 0 Å². The number of methoxy groups -OCH3 is 1. The third-order valence-corrected chi connectivity index (χ3v) is 4.19. The summed E-state index contributed by atoms with van der Waals surface area (Å²) in [6, 6.07) is 14.9. The summed E-state index contributed by atoms with van der Waals surface area (Å²) in [6.45, 7) is 2.12. The fourth-order valence-electron chi connectivity index (χ4n) is 2.62. The molecule has 0 bridgehead atoms. The van der Waals surface area contributed by atoms with E-state index in [1.54, 1.807) is 26.3 Å². The smallest absolute Gasteiger partial charge is 0.193 e. The largest absolute Gasteiger partial charge is 0.508 e. The second-order valence-electron chi connectivity index (χ2n) is 6.19. The first-order valence-electron chi connectivity index (χ1n) is 9.09. The van der Waals surface area contributed by atoms with Crippen LogP contribution in [0.2, 0.25) is 0 Å². The first-order valence-corrected chi connectivity index (χ1v) is 9.09. The van der Waals surface area contributed by atoms with Gasteiger partial charge in [-0.05, 0) is 54.8 Å². The molecule has 0 atom stereocenters. The lowest BCUT2D eigenvalue weighted by Gasteiger charge is -2.22. The summed E-state index contributed by atoms with van der Waals surface area (Å²) >= 11 is 0. The highest BCUT2D eigenvalue weighted by Crippen LogP contribution is 2.16. The Labute approximate surface area is 161 Å².